The van der Waals surface area contributed by atoms with Gasteiger partial charge in [0.05, 0.1) is 6.04 Å². The molecule has 3 fully saturated rings. The SMILES string of the molecule is CCC(=O)N(c1ccccc1)C1C(=Cc2ccccc2)N2CCC1CC2. The Kier molecular flexibility index (Phi) is 4.79. The highest BCUT2D eigenvalue weighted by Gasteiger charge is 2.42. The molecule has 3 saturated heterocycles. The minimum atomic E-state index is 0.132. The minimum Gasteiger partial charge on any atom is -0.373 e. The van der Waals surface area contributed by atoms with Crippen LogP contribution in [0.5, 0.6) is 0 Å². The van der Waals surface area contributed by atoms with Gasteiger partial charge in [-0.15, -0.1) is 0 Å². The molecule has 2 aromatic rings. The van der Waals surface area contributed by atoms with Gasteiger partial charge in [0.2, 0.25) is 5.91 Å². The van der Waals surface area contributed by atoms with Crippen LogP contribution in [-0.4, -0.2) is 29.9 Å². The van der Waals surface area contributed by atoms with E-state index in [0.717, 1.165) is 31.6 Å². The molecule has 3 aliphatic rings. The second-order valence-electron chi connectivity index (χ2n) is 7.20. The van der Waals surface area contributed by atoms with E-state index in [4.69, 9.17) is 0 Å². The van der Waals surface area contributed by atoms with E-state index in [0.29, 0.717) is 12.3 Å². The van der Waals surface area contributed by atoms with Crippen molar-refractivity contribution in [3.8, 4) is 0 Å². The van der Waals surface area contributed by atoms with Gasteiger partial charge >= 0.3 is 0 Å². The Morgan fingerprint density at radius 2 is 1.65 bits per heavy atom. The van der Waals surface area contributed by atoms with Gasteiger partial charge in [-0.25, -0.2) is 0 Å². The summed E-state index contributed by atoms with van der Waals surface area (Å²) in [5.41, 5.74) is 3.51. The molecular formula is C23H26N2O. The lowest BCUT2D eigenvalue weighted by molar-refractivity contribution is -0.119. The zero-order valence-electron chi connectivity index (χ0n) is 15.3. The smallest absolute Gasteiger partial charge is 0.227 e. The molecule has 2 bridgehead atoms. The van der Waals surface area contributed by atoms with E-state index < -0.39 is 0 Å². The number of amides is 1. The third-order valence-corrected chi connectivity index (χ3v) is 5.65. The average Bonchev–Trinajstić information content (AvgIpc) is 2.71. The molecule has 0 saturated carbocycles. The van der Waals surface area contributed by atoms with Crippen molar-refractivity contribution in [3.05, 3.63) is 71.9 Å². The maximum atomic E-state index is 13.0. The number of nitrogens with zero attached hydrogens (tertiary/aromatic N) is 2. The van der Waals surface area contributed by atoms with Crippen LogP contribution in [0.3, 0.4) is 0 Å². The van der Waals surface area contributed by atoms with Crippen LogP contribution >= 0.6 is 0 Å². The number of benzene rings is 2. The number of fused-ring (bicyclic) bond motifs is 3. The Balaban J connectivity index is 1.79. The molecule has 3 nitrogen and oxygen atoms in total. The van der Waals surface area contributed by atoms with Crippen molar-refractivity contribution >= 4 is 17.7 Å². The molecule has 5 rings (SSSR count). The molecule has 0 aromatic heterocycles. The van der Waals surface area contributed by atoms with Crippen LogP contribution in [0.25, 0.3) is 6.08 Å². The lowest BCUT2D eigenvalue weighted by Crippen LogP contribution is -2.57. The fourth-order valence-corrected chi connectivity index (χ4v) is 4.36. The highest BCUT2D eigenvalue weighted by atomic mass is 16.2. The zero-order valence-corrected chi connectivity index (χ0v) is 15.3. The van der Waals surface area contributed by atoms with E-state index in [1.165, 1.54) is 11.3 Å². The standard InChI is InChI=1S/C23H26N2O/c1-2-22(26)25(20-11-7-4-8-12-20)23-19-13-15-24(16-14-19)21(23)17-18-9-5-3-6-10-18/h3-12,17,19,23H,2,13-16H2,1H3. The van der Waals surface area contributed by atoms with Crippen molar-refractivity contribution in [2.45, 2.75) is 32.2 Å². The summed E-state index contributed by atoms with van der Waals surface area (Å²) < 4.78 is 0. The van der Waals surface area contributed by atoms with E-state index in [2.05, 4.69) is 52.3 Å². The summed E-state index contributed by atoms with van der Waals surface area (Å²) in [4.78, 5) is 17.5. The largest absolute Gasteiger partial charge is 0.373 e. The maximum absolute atomic E-state index is 13.0. The average molecular weight is 346 g/mol. The summed E-state index contributed by atoms with van der Waals surface area (Å²) in [6, 6.07) is 20.8. The third kappa shape index (κ3) is 3.14. The Hall–Kier alpha value is -2.55. The highest BCUT2D eigenvalue weighted by molar-refractivity contribution is 5.94. The molecule has 3 heteroatoms. The van der Waals surface area contributed by atoms with Crippen LogP contribution in [0.4, 0.5) is 5.69 Å². The Morgan fingerprint density at radius 3 is 2.27 bits per heavy atom. The van der Waals surface area contributed by atoms with E-state index in [1.807, 2.05) is 31.2 Å². The predicted molar refractivity (Wildman–Crippen MR) is 107 cm³/mol. The molecule has 1 atom stereocenters. The first-order chi connectivity index (χ1) is 12.8. The number of hydrogen-bond donors (Lipinski definition) is 0. The predicted octanol–water partition coefficient (Wildman–Crippen LogP) is 4.56. The van der Waals surface area contributed by atoms with Crippen molar-refractivity contribution in [1.82, 2.24) is 4.90 Å². The fourth-order valence-electron chi connectivity index (χ4n) is 4.36. The molecule has 3 heterocycles. The summed E-state index contributed by atoms with van der Waals surface area (Å²) in [5, 5.41) is 0. The first-order valence-electron chi connectivity index (χ1n) is 9.66. The molecular weight excluding hydrogens is 320 g/mol. The fraction of sp³-hybridized carbons (Fsp3) is 0.348. The molecule has 0 N–H and O–H groups in total. The van der Waals surface area contributed by atoms with Crippen LogP contribution < -0.4 is 4.90 Å². The lowest BCUT2D eigenvalue weighted by Gasteiger charge is -2.51. The number of piperidine rings is 3. The van der Waals surface area contributed by atoms with Crippen molar-refractivity contribution in [2.75, 3.05) is 18.0 Å². The number of para-hydroxylation sites is 1. The molecule has 3 aliphatic heterocycles. The summed E-state index contributed by atoms with van der Waals surface area (Å²) in [6.45, 7) is 4.16. The number of rotatable bonds is 4. The topological polar surface area (TPSA) is 23.6 Å². The van der Waals surface area contributed by atoms with Gasteiger partial charge in [0.1, 0.15) is 0 Å². The number of anilines is 1. The molecule has 0 aliphatic carbocycles. The van der Waals surface area contributed by atoms with Crippen molar-refractivity contribution in [1.29, 1.82) is 0 Å². The molecule has 1 amide bonds. The van der Waals surface area contributed by atoms with Gasteiger partial charge in [-0.05, 0) is 42.5 Å². The molecule has 2 aromatic carbocycles. The monoisotopic (exact) mass is 346 g/mol. The van der Waals surface area contributed by atoms with Crippen LogP contribution in [0.2, 0.25) is 0 Å². The van der Waals surface area contributed by atoms with Crippen LogP contribution in [0.1, 0.15) is 31.7 Å². The van der Waals surface area contributed by atoms with Crippen molar-refractivity contribution in [2.24, 2.45) is 5.92 Å². The molecule has 26 heavy (non-hydrogen) atoms. The van der Waals surface area contributed by atoms with Crippen molar-refractivity contribution in [3.63, 3.8) is 0 Å². The number of hydrogen-bond acceptors (Lipinski definition) is 2. The first kappa shape index (κ1) is 16.9. The van der Waals surface area contributed by atoms with Crippen LogP contribution in [-0.2, 0) is 4.79 Å². The molecule has 0 radical (unpaired) electrons. The minimum absolute atomic E-state index is 0.132. The van der Waals surface area contributed by atoms with Crippen LogP contribution in [0, 0.1) is 5.92 Å². The number of carbonyl (C=O) groups excluding carboxylic acids is 1. The Bertz CT molecular complexity index is 776. The molecule has 134 valence electrons. The van der Waals surface area contributed by atoms with Gasteiger partial charge in [0.15, 0.2) is 0 Å². The second-order valence-corrected chi connectivity index (χ2v) is 7.20. The Morgan fingerprint density at radius 1 is 1.04 bits per heavy atom. The third-order valence-electron chi connectivity index (χ3n) is 5.65. The Labute approximate surface area is 155 Å². The van der Waals surface area contributed by atoms with Gasteiger partial charge in [0, 0.05) is 30.9 Å². The van der Waals surface area contributed by atoms with Gasteiger partial charge in [-0.2, -0.15) is 0 Å². The van der Waals surface area contributed by atoms with Crippen molar-refractivity contribution < 1.29 is 4.79 Å². The van der Waals surface area contributed by atoms with E-state index >= 15 is 0 Å². The normalized spacial score (nSPS) is 23.3. The summed E-state index contributed by atoms with van der Waals surface area (Å²) in [6.07, 6.45) is 5.14. The summed E-state index contributed by atoms with van der Waals surface area (Å²) >= 11 is 0. The molecule has 1 unspecified atom stereocenters. The maximum Gasteiger partial charge on any atom is 0.227 e. The van der Waals surface area contributed by atoms with E-state index in [1.54, 1.807) is 0 Å². The van der Waals surface area contributed by atoms with E-state index in [9.17, 15) is 4.79 Å². The quantitative estimate of drug-likeness (QED) is 0.810. The second kappa shape index (κ2) is 7.36. The van der Waals surface area contributed by atoms with Gasteiger partial charge in [0.25, 0.3) is 0 Å². The summed E-state index contributed by atoms with van der Waals surface area (Å²) in [7, 11) is 0. The van der Waals surface area contributed by atoms with Gasteiger partial charge < -0.3 is 9.80 Å². The number of carbonyl (C=O) groups is 1. The lowest BCUT2D eigenvalue weighted by atomic mass is 9.79. The highest BCUT2D eigenvalue weighted by Crippen LogP contribution is 2.40. The first-order valence-corrected chi connectivity index (χ1v) is 9.66. The van der Waals surface area contributed by atoms with Crippen LogP contribution in [0.15, 0.2) is 66.4 Å². The zero-order chi connectivity index (χ0) is 17.9. The van der Waals surface area contributed by atoms with Gasteiger partial charge in [-0.3, -0.25) is 4.79 Å². The summed E-state index contributed by atoms with van der Waals surface area (Å²) in [5.74, 6) is 0.736. The van der Waals surface area contributed by atoms with Gasteiger partial charge in [-0.1, -0.05) is 55.5 Å². The van der Waals surface area contributed by atoms with E-state index in [-0.39, 0.29) is 11.9 Å². The molecule has 0 spiro atoms.